The summed E-state index contributed by atoms with van der Waals surface area (Å²) in [6.07, 6.45) is 12.6. The second kappa shape index (κ2) is 6.32. The van der Waals surface area contributed by atoms with E-state index in [0.717, 1.165) is 42.6 Å². The number of hydrogen-bond acceptors (Lipinski definition) is 5. The van der Waals surface area contributed by atoms with E-state index in [0.29, 0.717) is 18.1 Å². The second-order valence-corrected chi connectivity index (χ2v) is 9.65. The predicted molar refractivity (Wildman–Crippen MR) is 115 cm³/mol. The molecule has 6 rings (SSSR count). The fourth-order valence-corrected chi connectivity index (χ4v) is 6.01. The minimum absolute atomic E-state index is 0.104. The van der Waals surface area contributed by atoms with Crippen LogP contribution in [0.25, 0.3) is 16.6 Å². The van der Waals surface area contributed by atoms with Crippen LogP contribution < -0.4 is 4.90 Å². The summed E-state index contributed by atoms with van der Waals surface area (Å²) in [5.41, 5.74) is 4.59. The molecule has 30 heavy (non-hydrogen) atoms. The van der Waals surface area contributed by atoms with Crippen LogP contribution in [0.2, 0.25) is 0 Å². The predicted octanol–water partition coefficient (Wildman–Crippen LogP) is 3.08. The first-order valence-corrected chi connectivity index (χ1v) is 10.9. The molecule has 7 heteroatoms. The quantitative estimate of drug-likeness (QED) is 0.675. The number of fused-ring (bicyclic) bond motifs is 3. The highest BCUT2D eigenvalue weighted by Crippen LogP contribution is 2.47. The normalized spacial score (nSPS) is 31.1. The highest BCUT2D eigenvalue weighted by atomic mass is 15.4. The van der Waals surface area contributed by atoms with E-state index < -0.39 is 0 Å². The van der Waals surface area contributed by atoms with E-state index in [2.05, 4.69) is 51.3 Å². The summed E-state index contributed by atoms with van der Waals surface area (Å²) in [6.45, 7) is 4.23. The maximum atomic E-state index is 9.40. The fraction of sp³-hybridized carbons (Fsp3) is 0.522. The third-order valence-electron chi connectivity index (χ3n) is 7.47. The van der Waals surface area contributed by atoms with Gasteiger partial charge in [0.05, 0.1) is 28.9 Å². The molecule has 1 aliphatic carbocycles. The lowest BCUT2D eigenvalue weighted by atomic mass is 9.67. The van der Waals surface area contributed by atoms with Crippen molar-refractivity contribution < 1.29 is 0 Å². The van der Waals surface area contributed by atoms with Gasteiger partial charge in [0.1, 0.15) is 0 Å². The maximum absolute atomic E-state index is 9.40. The molecule has 3 aromatic rings. The Hall–Kier alpha value is -2.85. The summed E-state index contributed by atoms with van der Waals surface area (Å²) in [5, 5.41) is 18.3. The van der Waals surface area contributed by atoms with Crippen LogP contribution in [0.4, 0.5) is 5.69 Å². The number of aryl methyl sites for hydroxylation is 1. The molecule has 0 amide bonds. The first-order chi connectivity index (χ1) is 14.5. The number of nitrogens with zero attached hydrogens (tertiary/aromatic N) is 7. The molecule has 1 saturated carbocycles. The smallest absolute Gasteiger partial charge is 0.0886 e. The van der Waals surface area contributed by atoms with Crippen LogP contribution in [0, 0.1) is 16.7 Å². The molecule has 154 valence electrons. The van der Waals surface area contributed by atoms with Gasteiger partial charge in [-0.15, -0.1) is 0 Å². The van der Waals surface area contributed by atoms with E-state index in [-0.39, 0.29) is 5.41 Å². The second-order valence-electron chi connectivity index (χ2n) is 9.65. The summed E-state index contributed by atoms with van der Waals surface area (Å²) < 4.78 is 3.83. The van der Waals surface area contributed by atoms with Gasteiger partial charge in [-0.05, 0) is 44.7 Å². The average molecular weight is 402 g/mol. The lowest BCUT2D eigenvalue weighted by molar-refractivity contribution is 0.00679. The maximum Gasteiger partial charge on any atom is 0.0886 e. The van der Waals surface area contributed by atoms with Crippen molar-refractivity contribution in [2.75, 3.05) is 18.0 Å². The van der Waals surface area contributed by atoms with Crippen molar-refractivity contribution in [2.24, 2.45) is 12.5 Å². The third kappa shape index (κ3) is 2.67. The number of nitriles is 1. The molecule has 5 heterocycles. The zero-order valence-corrected chi connectivity index (χ0v) is 17.6. The Kier molecular flexibility index (Phi) is 3.79. The Balaban J connectivity index is 1.27. The van der Waals surface area contributed by atoms with Gasteiger partial charge in [0.2, 0.25) is 0 Å². The van der Waals surface area contributed by atoms with Crippen LogP contribution in [-0.4, -0.2) is 55.5 Å². The first kappa shape index (κ1) is 18.0. The summed E-state index contributed by atoms with van der Waals surface area (Å²) in [7, 11) is 1.94. The monoisotopic (exact) mass is 401 g/mol. The number of aromatic nitrogens is 4. The molecule has 2 aliphatic heterocycles. The zero-order chi connectivity index (χ0) is 20.5. The van der Waals surface area contributed by atoms with Crippen molar-refractivity contribution in [1.82, 2.24) is 24.3 Å². The van der Waals surface area contributed by atoms with Crippen LogP contribution in [0.15, 0.2) is 36.9 Å². The van der Waals surface area contributed by atoms with Crippen LogP contribution in [0.1, 0.15) is 32.6 Å². The number of hydrogen-bond donors (Lipinski definition) is 0. The molecule has 2 unspecified atom stereocenters. The van der Waals surface area contributed by atoms with Gasteiger partial charge in [-0.3, -0.25) is 9.58 Å². The third-order valence-corrected chi connectivity index (χ3v) is 7.47. The van der Waals surface area contributed by atoms with E-state index in [1.165, 1.54) is 18.5 Å². The van der Waals surface area contributed by atoms with Crippen molar-refractivity contribution in [1.29, 1.82) is 5.26 Å². The number of rotatable bonds is 3. The van der Waals surface area contributed by atoms with Crippen LogP contribution in [-0.2, 0) is 7.05 Å². The van der Waals surface area contributed by atoms with Gasteiger partial charge in [0, 0.05) is 68.0 Å². The molecule has 2 atom stereocenters. The zero-order valence-electron chi connectivity index (χ0n) is 17.6. The largest absolute Gasteiger partial charge is 0.367 e. The number of piperazine rings is 1. The molecular formula is C23H27N7. The first-order valence-electron chi connectivity index (χ1n) is 10.9. The summed E-state index contributed by atoms with van der Waals surface area (Å²) in [4.78, 5) is 5.32. The molecular weight excluding hydrogens is 374 g/mol. The molecule has 7 nitrogen and oxygen atoms in total. The summed E-state index contributed by atoms with van der Waals surface area (Å²) >= 11 is 0. The van der Waals surface area contributed by atoms with Gasteiger partial charge < -0.3 is 4.90 Å². The molecule has 0 radical (unpaired) electrons. The summed E-state index contributed by atoms with van der Waals surface area (Å²) in [6, 6.07) is 8.70. The Labute approximate surface area is 176 Å². The molecule has 3 fully saturated rings. The topological polar surface area (TPSA) is 65.4 Å². The standard InChI is InChI=1S/C23H27N7/c1-23(15-24)8-20(9-23)30-18-3-4-19(30)14-28(13-18)21-5-6-25-29-12-16(7-22(21)29)17-10-26-27(2)11-17/h5-7,10-12,18-20H,3-4,8-9,13-14H2,1-2H3/t18?,19?,20-,23+. The highest BCUT2D eigenvalue weighted by Gasteiger charge is 2.51. The summed E-state index contributed by atoms with van der Waals surface area (Å²) in [5.74, 6) is 0. The van der Waals surface area contributed by atoms with E-state index in [9.17, 15) is 5.26 Å². The highest BCUT2D eigenvalue weighted by molar-refractivity contribution is 5.79. The molecule has 0 N–H and O–H groups in total. The van der Waals surface area contributed by atoms with Crippen molar-refractivity contribution >= 4 is 11.2 Å². The Morgan fingerprint density at radius 2 is 1.83 bits per heavy atom. The van der Waals surface area contributed by atoms with E-state index >= 15 is 0 Å². The molecule has 2 saturated heterocycles. The Morgan fingerprint density at radius 3 is 2.50 bits per heavy atom. The Bertz CT molecular complexity index is 1130. The fourth-order valence-electron chi connectivity index (χ4n) is 6.01. The minimum atomic E-state index is -0.104. The van der Waals surface area contributed by atoms with Crippen molar-refractivity contribution in [2.45, 2.75) is 50.7 Å². The van der Waals surface area contributed by atoms with Crippen LogP contribution in [0.3, 0.4) is 0 Å². The lowest BCUT2D eigenvalue weighted by Gasteiger charge is -2.52. The van der Waals surface area contributed by atoms with Gasteiger partial charge in [-0.2, -0.15) is 15.5 Å². The molecule has 0 spiro atoms. The molecule has 3 aromatic heterocycles. The van der Waals surface area contributed by atoms with Gasteiger partial charge in [0.25, 0.3) is 0 Å². The van der Waals surface area contributed by atoms with E-state index in [4.69, 9.17) is 0 Å². The van der Waals surface area contributed by atoms with Crippen molar-refractivity contribution in [3.63, 3.8) is 0 Å². The molecule has 3 aliphatic rings. The SMILES string of the molecule is Cn1cc(-c2cc3c(N4CC5CCC(C4)N5[C@H]4C[C@@](C)(C#N)C4)ccnn3c2)cn1. The van der Waals surface area contributed by atoms with E-state index in [1.54, 1.807) is 0 Å². The number of anilines is 1. The van der Waals surface area contributed by atoms with Gasteiger partial charge in [0.15, 0.2) is 0 Å². The van der Waals surface area contributed by atoms with Gasteiger partial charge in [-0.25, -0.2) is 4.52 Å². The Morgan fingerprint density at radius 1 is 1.07 bits per heavy atom. The van der Waals surface area contributed by atoms with Gasteiger partial charge in [-0.1, -0.05) is 0 Å². The average Bonchev–Trinajstić information content (AvgIpc) is 3.40. The van der Waals surface area contributed by atoms with Crippen molar-refractivity contribution in [3.8, 4) is 17.2 Å². The van der Waals surface area contributed by atoms with E-state index in [1.807, 2.05) is 34.8 Å². The lowest BCUT2D eigenvalue weighted by Crippen LogP contribution is -2.61. The van der Waals surface area contributed by atoms with Crippen LogP contribution >= 0.6 is 0 Å². The van der Waals surface area contributed by atoms with Gasteiger partial charge >= 0.3 is 0 Å². The van der Waals surface area contributed by atoms with Crippen molar-refractivity contribution in [3.05, 3.63) is 36.9 Å². The minimum Gasteiger partial charge on any atom is -0.367 e. The molecule has 2 bridgehead atoms. The van der Waals surface area contributed by atoms with Crippen LogP contribution in [0.5, 0.6) is 0 Å². The molecule has 0 aromatic carbocycles.